The fourth-order valence-corrected chi connectivity index (χ4v) is 1.76. The molecule has 0 aliphatic rings. The van der Waals surface area contributed by atoms with Gasteiger partial charge in [-0.2, -0.15) is 0 Å². The Bertz CT molecular complexity index is 235. The molecule has 0 atom stereocenters. The summed E-state index contributed by atoms with van der Waals surface area (Å²) >= 11 is 5.82. The zero-order valence-electron chi connectivity index (χ0n) is 5.40. The number of halogens is 2. The highest BCUT2D eigenvalue weighted by Gasteiger charge is 1.99. The quantitative estimate of drug-likeness (QED) is 0.651. The summed E-state index contributed by atoms with van der Waals surface area (Å²) in [6.07, 6.45) is 0. The Labute approximate surface area is 74.0 Å². The number of hydrogen-bond acceptors (Lipinski definition) is 1. The normalized spacial score (nSPS) is 9.90. The average molecular weight is 193 g/mol. The molecule has 0 nitrogen and oxygen atoms in total. The number of rotatable bonds is 1. The van der Waals surface area contributed by atoms with Gasteiger partial charge in [0.15, 0.2) is 0 Å². The van der Waals surface area contributed by atoms with E-state index in [9.17, 15) is 0 Å². The third kappa shape index (κ3) is 1.60. The van der Waals surface area contributed by atoms with Gasteiger partial charge in [-0.15, -0.1) is 0 Å². The Morgan fingerprint density at radius 2 is 2.10 bits per heavy atom. The smallest absolute Gasteiger partial charge is 0.0446 e. The number of hydrogen-bond donors (Lipinski definition) is 0. The predicted octanol–water partition coefficient (Wildman–Crippen LogP) is 3.89. The van der Waals surface area contributed by atoms with Gasteiger partial charge in [0.25, 0.3) is 0 Å². The monoisotopic (exact) mass is 192 g/mol. The summed E-state index contributed by atoms with van der Waals surface area (Å²) in [6.45, 7) is 1.95. The molecule has 0 spiro atoms. The lowest BCUT2D eigenvalue weighted by Crippen LogP contribution is -1.76. The van der Waals surface area contributed by atoms with E-state index in [1.54, 1.807) is 0 Å². The molecule has 1 aromatic carbocycles. The fourth-order valence-electron chi connectivity index (χ4n) is 0.671. The average Bonchev–Trinajstić information content (AvgIpc) is 1.95. The van der Waals surface area contributed by atoms with Crippen LogP contribution in [-0.2, 0) is 0 Å². The topological polar surface area (TPSA) is 0 Å². The first-order valence-electron chi connectivity index (χ1n) is 2.79. The van der Waals surface area contributed by atoms with Gasteiger partial charge in [0.1, 0.15) is 0 Å². The fraction of sp³-hybridized carbons (Fsp3) is 0.143. The molecule has 1 rings (SSSR count). The van der Waals surface area contributed by atoms with Crippen molar-refractivity contribution in [3.05, 3.63) is 28.8 Å². The summed E-state index contributed by atoms with van der Waals surface area (Å²) in [5.41, 5.74) is 1.05. The lowest BCUT2D eigenvalue weighted by Gasteiger charge is -2.00. The van der Waals surface area contributed by atoms with Crippen molar-refractivity contribution in [3.63, 3.8) is 0 Å². The largest absolute Gasteiger partial charge is 0.0840 e. The van der Waals surface area contributed by atoms with E-state index >= 15 is 0 Å². The van der Waals surface area contributed by atoms with Crippen LogP contribution < -0.4 is 0 Å². The van der Waals surface area contributed by atoms with Gasteiger partial charge in [-0.05, 0) is 46.3 Å². The molecule has 54 valence electrons. The molecule has 0 bridgehead atoms. The van der Waals surface area contributed by atoms with Crippen molar-refractivity contribution in [2.24, 2.45) is 0 Å². The van der Waals surface area contributed by atoms with Crippen LogP contribution in [0.15, 0.2) is 23.1 Å². The summed E-state index contributed by atoms with van der Waals surface area (Å²) in [5, 5.41) is 0.769. The van der Waals surface area contributed by atoms with Gasteiger partial charge in [-0.1, -0.05) is 17.7 Å². The summed E-state index contributed by atoms with van der Waals surface area (Å²) in [7, 11) is 6.76. The molecule has 0 amide bonds. The first-order valence-corrected chi connectivity index (χ1v) is 4.81. The van der Waals surface area contributed by atoms with Crippen LogP contribution in [0.3, 0.4) is 0 Å². The van der Waals surface area contributed by atoms with Gasteiger partial charge in [0, 0.05) is 9.92 Å². The van der Waals surface area contributed by atoms with Crippen LogP contribution >= 0.6 is 33.3 Å². The highest BCUT2D eigenvalue weighted by molar-refractivity contribution is 8.21. The molecule has 0 aromatic heterocycles. The highest BCUT2D eigenvalue weighted by Crippen LogP contribution is 2.29. The van der Waals surface area contributed by atoms with Crippen LogP contribution in [0.25, 0.3) is 0 Å². The molecule has 0 radical (unpaired) electrons. The van der Waals surface area contributed by atoms with Crippen molar-refractivity contribution in [2.75, 3.05) is 0 Å². The van der Waals surface area contributed by atoms with Gasteiger partial charge >= 0.3 is 0 Å². The molecule has 10 heavy (non-hydrogen) atoms. The van der Waals surface area contributed by atoms with Gasteiger partial charge < -0.3 is 0 Å². The maximum absolute atomic E-state index is 5.82. The van der Waals surface area contributed by atoms with Crippen molar-refractivity contribution < 1.29 is 0 Å². The summed E-state index contributed by atoms with van der Waals surface area (Å²) in [6, 6.07) is 5.69. The van der Waals surface area contributed by atoms with E-state index in [4.69, 9.17) is 22.3 Å². The lowest BCUT2D eigenvalue weighted by molar-refractivity contribution is 1.31. The summed E-state index contributed by atoms with van der Waals surface area (Å²) < 4.78 is 0. The van der Waals surface area contributed by atoms with Crippen molar-refractivity contribution in [1.29, 1.82) is 0 Å². The van der Waals surface area contributed by atoms with Gasteiger partial charge in [-0.3, -0.25) is 0 Å². The van der Waals surface area contributed by atoms with Crippen LogP contribution in [0.4, 0.5) is 0 Å². The van der Waals surface area contributed by atoms with Gasteiger partial charge in [0.2, 0.25) is 0 Å². The molecule has 0 N–H and O–H groups in total. The van der Waals surface area contributed by atoms with E-state index < -0.39 is 0 Å². The minimum Gasteiger partial charge on any atom is -0.0840 e. The first-order chi connectivity index (χ1) is 4.75. The predicted molar refractivity (Wildman–Crippen MR) is 47.9 cm³/mol. The second kappa shape index (κ2) is 3.51. The van der Waals surface area contributed by atoms with Gasteiger partial charge in [0.05, 0.1) is 0 Å². The Morgan fingerprint density at radius 3 is 2.60 bits per heavy atom. The van der Waals surface area contributed by atoms with E-state index in [0.29, 0.717) is 0 Å². The van der Waals surface area contributed by atoms with E-state index in [1.807, 2.05) is 25.1 Å². The van der Waals surface area contributed by atoms with Crippen LogP contribution in [0.2, 0.25) is 5.02 Å². The van der Waals surface area contributed by atoms with Crippen LogP contribution in [-0.4, -0.2) is 0 Å². The molecule has 0 heterocycles. The second-order valence-corrected chi connectivity index (χ2v) is 3.40. The molecule has 0 unspecified atom stereocenters. The molecular formula is C7H6Cl2S. The Morgan fingerprint density at radius 1 is 1.40 bits per heavy atom. The third-order valence-corrected chi connectivity index (χ3v) is 2.82. The van der Waals surface area contributed by atoms with Crippen molar-refractivity contribution in [3.8, 4) is 0 Å². The molecule has 0 aliphatic carbocycles. The van der Waals surface area contributed by atoms with Gasteiger partial charge in [-0.25, -0.2) is 0 Å². The summed E-state index contributed by atoms with van der Waals surface area (Å²) in [5.74, 6) is 0. The Kier molecular flexibility index (Phi) is 2.90. The van der Waals surface area contributed by atoms with Crippen molar-refractivity contribution in [1.82, 2.24) is 0 Å². The van der Waals surface area contributed by atoms with Crippen molar-refractivity contribution >= 4 is 33.3 Å². The Hall–Kier alpha value is 0.150. The first kappa shape index (κ1) is 8.25. The SMILES string of the molecule is Cc1c(Cl)cccc1SCl. The standard InChI is InChI=1S/C7H6Cl2S/c1-5-6(8)3-2-4-7(5)10-9/h2-4H,1H3. The molecule has 0 fully saturated rings. The third-order valence-electron chi connectivity index (χ3n) is 1.30. The highest BCUT2D eigenvalue weighted by atomic mass is 35.7. The lowest BCUT2D eigenvalue weighted by atomic mass is 10.2. The Balaban J connectivity index is 3.14. The molecular weight excluding hydrogens is 187 g/mol. The van der Waals surface area contributed by atoms with Crippen LogP contribution in [0.5, 0.6) is 0 Å². The summed E-state index contributed by atoms with van der Waals surface area (Å²) in [4.78, 5) is 1.02. The van der Waals surface area contributed by atoms with E-state index in [0.717, 1.165) is 15.5 Å². The molecule has 1 aromatic rings. The molecule has 0 saturated heterocycles. The zero-order valence-corrected chi connectivity index (χ0v) is 7.72. The minimum atomic E-state index is 0.769. The van der Waals surface area contributed by atoms with Crippen molar-refractivity contribution in [2.45, 2.75) is 11.8 Å². The van der Waals surface area contributed by atoms with E-state index in [1.165, 1.54) is 11.0 Å². The molecule has 0 aliphatic heterocycles. The van der Waals surface area contributed by atoms with Crippen LogP contribution in [0, 0.1) is 6.92 Å². The molecule has 3 heteroatoms. The number of benzene rings is 1. The minimum absolute atomic E-state index is 0.769. The maximum atomic E-state index is 5.82. The maximum Gasteiger partial charge on any atom is 0.0446 e. The van der Waals surface area contributed by atoms with E-state index in [2.05, 4.69) is 0 Å². The van der Waals surface area contributed by atoms with Crippen LogP contribution in [0.1, 0.15) is 5.56 Å². The molecule has 0 saturated carbocycles. The zero-order chi connectivity index (χ0) is 7.56. The van der Waals surface area contributed by atoms with E-state index in [-0.39, 0.29) is 0 Å². The second-order valence-electron chi connectivity index (χ2n) is 1.94.